The highest BCUT2D eigenvalue weighted by molar-refractivity contribution is 5.91. The third-order valence-electron chi connectivity index (χ3n) is 4.39. The van der Waals surface area contributed by atoms with Gasteiger partial charge in [0.2, 0.25) is 5.91 Å². The summed E-state index contributed by atoms with van der Waals surface area (Å²) in [5.74, 6) is 0.365. The van der Waals surface area contributed by atoms with Crippen LogP contribution in [-0.4, -0.2) is 25.7 Å². The molecule has 4 aromatic heterocycles. The number of aryl methyl sites for hydroxylation is 2. The third kappa shape index (κ3) is 3.71. The Labute approximate surface area is 164 Å². The zero-order chi connectivity index (χ0) is 20.5. The number of nitrogens with one attached hydrogen (secondary N) is 1. The van der Waals surface area contributed by atoms with Crippen LogP contribution in [0.1, 0.15) is 23.2 Å². The summed E-state index contributed by atoms with van der Waals surface area (Å²) < 4.78 is 34.0. The average Bonchev–Trinajstić information content (AvgIpc) is 3.30. The zero-order valence-corrected chi connectivity index (χ0v) is 15.7. The number of fused-ring (bicyclic) bond motifs is 1. The van der Waals surface area contributed by atoms with Crippen LogP contribution in [0.4, 0.5) is 14.6 Å². The molecule has 0 radical (unpaired) electrons. The van der Waals surface area contributed by atoms with Gasteiger partial charge in [-0.1, -0.05) is 0 Å². The number of anilines is 1. The number of pyridine rings is 2. The van der Waals surface area contributed by atoms with Crippen molar-refractivity contribution in [3.8, 4) is 11.5 Å². The van der Waals surface area contributed by atoms with Crippen LogP contribution in [0.25, 0.3) is 22.5 Å². The van der Waals surface area contributed by atoms with Gasteiger partial charge in [-0.05, 0) is 49.7 Å². The van der Waals surface area contributed by atoms with Crippen LogP contribution >= 0.6 is 0 Å². The van der Waals surface area contributed by atoms with Crippen molar-refractivity contribution in [3.63, 3.8) is 0 Å². The molecule has 7 nitrogen and oxygen atoms in total. The number of aromatic nitrogens is 4. The fraction of sp³-hybridized carbons (Fsp3) is 0.200. The third-order valence-corrected chi connectivity index (χ3v) is 4.39. The molecule has 0 aliphatic rings. The van der Waals surface area contributed by atoms with Crippen molar-refractivity contribution >= 4 is 22.8 Å². The minimum atomic E-state index is -2.73. The average molecular weight is 397 g/mol. The highest BCUT2D eigenvalue weighted by atomic mass is 19.3. The van der Waals surface area contributed by atoms with E-state index in [1.54, 1.807) is 31.3 Å². The first-order valence-corrected chi connectivity index (χ1v) is 8.85. The molecule has 0 aliphatic heterocycles. The second-order valence-corrected chi connectivity index (χ2v) is 6.58. The molecule has 0 unspecified atom stereocenters. The Morgan fingerprint density at radius 1 is 1.28 bits per heavy atom. The van der Waals surface area contributed by atoms with Crippen LogP contribution in [0, 0.1) is 13.8 Å². The van der Waals surface area contributed by atoms with Crippen molar-refractivity contribution in [2.24, 2.45) is 0 Å². The van der Waals surface area contributed by atoms with E-state index in [0.29, 0.717) is 17.3 Å². The van der Waals surface area contributed by atoms with Gasteiger partial charge in [0.25, 0.3) is 6.43 Å². The molecule has 0 bridgehead atoms. The molecule has 29 heavy (non-hydrogen) atoms. The van der Waals surface area contributed by atoms with E-state index in [-0.39, 0.29) is 28.8 Å². The molecule has 1 amide bonds. The summed E-state index contributed by atoms with van der Waals surface area (Å²) in [6, 6.07) is 8.11. The van der Waals surface area contributed by atoms with Crippen LogP contribution in [0.3, 0.4) is 0 Å². The number of hydrogen-bond donors (Lipinski definition) is 1. The minimum absolute atomic E-state index is 0.194. The number of rotatable bonds is 5. The summed E-state index contributed by atoms with van der Waals surface area (Å²) >= 11 is 0. The maximum atomic E-state index is 13.7. The topological polar surface area (TPSA) is 85.8 Å². The SMILES string of the molecule is Cc1ccnc(NC(=O)Cn2nc(C)c3c(C(F)F)cc(-c4ccco4)nc32)c1. The van der Waals surface area contributed by atoms with E-state index in [2.05, 4.69) is 20.4 Å². The predicted molar refractivity (Wildman–Crippen MR) is 103 cm³/mol. The fourth-order valence-electron chi connectivity index (χ4n) is 3.14. The maximum Gasteiger partial charge on any atom is 0.264 e. The molecular weight excluding hydrogens is 380 g/mol. The Morgan fingerprint density at radius 2 is 2.10 bits per heavy atom. The molecule has 1 N–H and O–H groups in total. The maximum absolute atomic E-state index is 13.7. The molecule has 0 saturated carbocycles. The molecule has 0 aromatic carbocycles. The van der Waals surface area contributed by atoms with Crippen molar-refractivity contribution in [2.75, 3.05) is 5.32 Å². The number of amides is 1. The van der Waals surface area contributed by atoms with Crippen LogP contribution < -0.4 is 5.32 Å². The number of carbonyl (C=O) groups excluding carboxylic acids is 1. The number of nitrogens with zero attached hydrogens (tertiary/aromatic N) is 4. The molecule has 4 heterocycles. The van der Waals surface area contributed by atoms with Gasteiger partial charge in [0.1, 0.15) is 18.1 Å². The quantitative estimate of drug-likeness (QED) is 0.543. The second-order valence-electron chi connectivity index (χ2n) is 6.58. The van der Waals surface area contributed by atoms with Gasteiger partial charge < -0.3 is 9.73 Å². The van der Waals surface area contributed by atoms with E-state index < -0.39 is 12.3 Å². The molecular formula is C20H17F2N5O2. The predicted octanol–water partition coefficient (Wildman–Crippen LogP) is 4.28. The molecule has 0 fully saturated rings. The van der Waals surface area contributed by atoms with Gasteiger partial charge in [0.15, 0.2) is 11.4 Å². The van der Waals surface area contributed by atoms with Crippen molar-refractivity contribution in [1.82, 2.24) is 19.7 Å². The van der Waals surface area contributed by atoms with Crippen molar-refractivity contribution < 1.29 is 18.0 Å². The van der Waals surface area contributed by atoms with Gasteiger partial charge in [0, 0.05) is 11.8 Å². The van der Waals surface area contributed by atoms with Gasteiger partial charge in [-0.2, -0.15) is 5.10 Å². The van der Waals surface area contributed by atoms with Crippen LogP contribution in [0.2, 0.25) is 0 Å². The first-order chi connectivity index (χ1) is 13.9. The van der Waals surface area contributed by atoms with Gasteiger partial charge in [0.05, 0.1) is 17.3 Å². The fourth-order valence-corrected chi connectivity index (χ4v) is 3.14. The van der Waals surface area contributed by atoms with Gasteiger partial charge in [-0.25, -0.2) is 23.4 Å². The number of alkyl halides is 2. The van der Waals surface area contributed by atoms with Crippen LogP contribution in [-0.2, 0) is 11.3 Å². The lowest BCUT2D eigenvalue weighted by atomic mass is 10.1. The van der Waals surface area contributed by atoms with E-state index in [4.69, 9.17) is 4.42 Å². The van der Waals surface area contributed by atoms with Gasteiger partial charge in [-0.3, -0.25) is 4.79 Å². The minimum Gasteiger partial charge on any atom is -0.463 e. The standard InChI is InChI=1S/C20H17F2N5O2/c1-11-5-6-23-16(8-11)25-17(28)10-27-20-18(12(2)26-27)13(19(21)22)9-14(24-20)15-4-3-7-29-15/h3-9,19H,10H2,1-2H3,(H,23,25,28). The summed E-state index contributed by atoms with van der Waals surface area (Å²) in [5, 5.41) is 7.18. The Morgan fingerprint density at radius 3 is 2.79 bits per heavy atom. The lowest BCUT2D eigenvalue weighted by Crippen LogP contribution is -2.20. The van der Waals surface area contributed by atoms with Crippen molar-refractivity contribution in [3.05, 3.63) is 59.6 Å². The highest BCUT2D eigenvalue weighted by Gasteiger charge is 2.22. The monoisotopic (exact) mass is 397 g/mol. The molecule has 4 aromatic rings. The first kappa shape index (κ1) is 18.7. The molecule has 0 saturated heterocycles. The normalized spacial score (nSPS) is 11.3. The summed E-state index contributed by atoms with van der Waals surface area (Å²) in [4.78, 5) is 21.0. The van der Waals surface area contributed by atoms with Gasteiger partial charge in [-0.15, -0.1) is 0 Å². The van der Waals surface area contributed by atoms with Crippen molar-refractivity contribution in [2.45, 2.75) is 26.8 Å². The van der Waals surface area contributed by atoms with Gasteiger partial charge >= 0.3 is 0 Å². The first-order valence-electron chi connectivity index (χ1n) is 8.85. The number of halogens is 2. The van der Waals surface area contributed by atoms with Crippen LogP contribution in [0.5, 0.6) is 0 Å². The van der Waals surface area contributed by atoms with E-state index in [9.17, 15) is 13.6 Å². The molecule has 4 rings (SSSR count). The molecule has 0 atom stereocenters. The Balaban J connectivity index is 1.73. The Kier molecular flexibility index (Phi) is 4.79. The molecule has 0 aliphatic carbocycles. The van der Waals surface area contributed by atoms with Crippen LogP contribution in [0.15, 0.2) is 47.2 Å². The van der Waals surface area contributed by atoms with E-state index in [0.717, 1.165) is 5.56 Å². The lowest BCUT2D eigenvalue weighted by Gasteiger charge is -2.08. The lowest BCUT2D eigenvalue weighted by molar-refractivity contribution is -0.116. The smallest absolute Gasteiger partial charge is 0.264 e. The van der Waals surface area contributed by atoms with E-state index in [1.165, 1.54) is 17.0 Å². The zero-order valence-electron chi connectivity index (χ0n) is 15.7. The number of carbonyl (C=O) groups is 1. The van der Waals surface area contributed by atoms with Crippen molar-refractivity contribution in [1.29, 1.82) is 0 Å². The molecule has 0 spiro atoms. The molecule has 148 valence electrons. The molecule has 9 heteroatoms. The number of furan rings is 1. The number of hydrogen-bond acceptors (Lipinski definition) is 5. The Hall–Kier alpha value is -3.62. The summed E-state index contributed by atoms with van der Waals surface area (Å²) in [6.07, 6.45) is 0.300. The highest BCUT2D eigenvalue weighted by Crippen LogP contribution is 2.33. The van der Waals surface area contributed by atoms with E-state index in [1.807, 2.05) is 13.0 Å². The Bertz CT molecular complexity index is 1190. The summed E-state index contributed by atoms with van der Waals surface area (Å²) in [5.41, 5.74) is 1.56. The summed E-state index contributed by atoms with van der Waals surface area (Å²) in [7, 11) is 0. The second kappa shape index (κ2) is 7.42. The van der Waals surface area contributed by atoms with E-state index >= 15 is 0 Å². The summed E-state index contributed by atoms with van der Waals surface area (Å²) in [6.45, 7) is 3.30. The largest absolute Gasteiger partial charge is 0.463 e.